The van der Waals surface area contributed by atoms with Crippen LogP contribution in [0.15, 0.2) is 22.7 Å². The molecule has 1 aromatic rings. The topological polar surface area (TPSA) is 38.0 Å². The fraction of sp³-hybridized carbons (Fsp3) is 0.533. The van der Waals surface area contributed by atoms with E-state index in [0.29, 0.717) is 11.0 Å². The Kier molecular flexibility index (Phi) is 6.80. The monoisotopic (exact) mass is 342 g/mol. The molecule has 0 fully saturated rings. The molecule has 0 heterocycles. The van der Waals surface area contributed by atoms with Crippen molar-refractivity contribution in [1.29, 1.82) is 0 Å². The molecule has 0 bridgehead atoms. The predicted octanol–water partition coefficient (Wildman–Crippen LogP) is 4.71. The molecule has 0 spiro atoms. The van der Waals surface area contributed by atoms with Crippen LogP contribution in [0.25, 0.3) is 0 Å². The Labute approximate surface area is 130 Å². The number of nitrogens with two attached hydrogens (primary N) is 1. The van der Waals surface area contributed by atoms with Crippen molar-refractivity contribution in [3.05, 3.63) is 28.2 Å². The molecule has 0 radical (unpaired) electrons. The van der Waals surface area contributed by atoms with Gasteiger partial charge in [0.25, 0.3) is 0 Å². The van der Waals surface area contributed by atoms with Gasteiger partial charge < -0.3 is 11.1 Å². The van der Waals surface area contributed by atoms with Crippen LogP contribution in [0.4, 0.5) is 5.69 Å². The van der Waals surface area contributed by atoms with Gasteiger partial charge in [-0.25, -0.2) is 0 Å². The fourth-order valence-electron chi connectivity index (χ4n) is 2.06. The largest absolute Gasteiger partial charge is 0.389 e. The average molecular weight is 343 g/mol. The van der Waals surface area contributed by atoms with Gasteiger partial charge in [-0.1, -0.05) is 45.0 Å². The van der Waals surface area contributed by atoms with Crippen LogP contribution in [0, 0.1) is 5.92 Å². The summed E-state index contributed by atoms with van der Waals surface area (Å²) >= 11 is 8.62. The molecule has 3 N–H and O–H groups in total. The number of hydrogen-bond donors (Lipinski definition) is 2. The van der Waals surface area contributed by atoms with E-state index in [2.05, 4.69) is 42.0 Å². The van der Waals surface area contributed by atoms with E-state index in [1.807, 2.05) is 18.2 Å². The van der Waals surface area contributed by atoms with Crippen molar-refractivity contribution < 1.29 is 0 Å². The molecular formula is C15H23BrN2S. The summed E-state index contributed by atoms with van der Waals surface area (Å²) in [6, 6.07) is 6.40. The van der Waals surface area contributed by atoms with Crippen molar-refractivity contribution in [1.82, 2.24) is 0 Å². The number of thiocarbonyl (C=S) groups is 1. The number of halogens is 1. The van der Waals surface area contributed by atoms with Crippen LogP contribution < -0.4 is 11.1 Å². The predicted molar refractivity (Wildman–Crippen MR) is 91.8 cm³/mol. The van der Waals surface area contributed by atoms with Crippen LogP contribution in [0.2, 0.25) is 0 Å². The van der Waals surface area contributed by atoms with E-state index in [1.165, 1.54) is 12.8 Å². The Hall–Kier alpha value is -0.610. The molecule has 1 aromatic carbocycles. The van der Waals surface area contributed by atoms with E-state index < -0.39 is 0 Å². The summed E-state index contributed by atoms with van der Waals surface area (Å²) in [5, 5.41) is 3.51. The van der Waals surface area contributed by atoms with Gasteiger partial charge in [0.2, 0.25) is 0 Å². The number of nitrogens with one attached hydrogen (secondary N) is 1. The van der Waals surface area contributed by atoms with Crippen molar-refractivity contribution in [3.8, 4) is 0 Å². The summed E-state index contributed by atoms with van der Waals surface area (Å²) in [5.74, 6) is 0.769. The highest BCUT2D eigenvalue weighted by atomic mass is 79.9. The van der Waals surface area contributed by atoms with Crippen molar-refractivity contribution in [2.45, 2.75) is 46.1 Å². The van der Waals surface area contributed by atoms with E-state index in [9.17, 15) is 0 Å². The molecule has 1 rings (SSSR count). The summed E-state index contributed by atoms with van der Waals surface area (Å²) in [7, 11) is 0. The maximum absolute atomic E-state index is 5.79. The third-order valence-electron chi connectivity index (χ3n) is 3.08. The van der Waals surface area contributed by atoms with Crippen LogP contribution in [-0.4, -0.2) is 11.0 Å². The quantitative estimate of drug-likeness (QED) is 0.704. The molecular weight excluding hydrogens is 320 g/mol. The first-order valence-corrected chi connectivity index (χ1v) is 7.96. The average Bonchev–Trinajstić information content (AvgIpc) is 2.27. The molecule has 0 saturated carbocycles. The van der Waals surface area contributed by atoms with Crippen LogP contribution in [0.1, 0.15) is 45.6 Å². The SMILES string of the molecule is CC(C)CCCC(C)Nc1cccc(Br)c1C(N)=S. The lowest BCUT2D eigenvalue weighted by Gasteiger charge is -2.19. The number of rotatable bonds is 7. The molecule has 0 saturated heterocycles. The Morgan fingerprint density at radius 1 is 1.32 bits per heavy atom. The Morgan fingerprint density at radius 3 is 2.58 bits per heavy atom. The molecule has 106 valence electrons. The van der Waals surface area contributed by atoms with Crippen molar-refractivity contribution in [2.24, 2.45) is 11.7 Å². The van der Waals surface area contributed by atoms with Gasteiger partial charge in [0, 0.05) is 21.8 Å². The molecule has 0 aliphatic carbocycles. The molecule has 1 atom stereocenters. The summed E-state index contributed by atoms with van der Waals surface area (Å²) in [4.78, 5) is 0.421. The summed E-state index contributed by atoms with van der Waals surface area (Å²) in [6.45, 7) is 6.72. The van der Waals surface area contributed by atoms with E-state index in [-0.39, 0.29) is 0 Å². The van der Waals surface area contributed by atoms with Crippen LogP contribution in [0.3, 0.4) is 0 Å². The second-order valence-electron chi connectivity index (χ2n) is 5.40. The first-order valence-electron chi connectivity index (χ1n) is 6.76. The number of anilines is 1. The molecule has 0 aromatic heterocycles. The zero-order valence-corrected chi connectivity index (χ0v) is 14.3. The third kappa shape index (κ3) is 5.49. The Morgan fingerprint density at radius 2 is 2.00 bits per heavy atom. The highest BCUT2D eigenvalue weighted by Gasteiger charge is 2.11. The molecule has 1 unspecified atom stereocenters. The smallest absolute Gasteiger partial charge is 0.107 e. The van der Waals surface area contributed by atoms with E-state index in [4.69, 9.17) is 18.0 Å². The van der Waals surface area contributed by atoms with Gasteiger partial charge in [-0.3, -0.25) is 0 Å². The van der Waals surface area contributed by atoms with Crippen LogP contribution in [0.5, 0.6) is 0 Å². The van der Waals surface area contributed by atoms with Gasteiger partial charge in [0.1, 0.15) is 4.99 Å². The van der Waals surface area contributed by atoms with Gasteiger partial charge >= 0.3 is 0 Å². The number of benzene rings is 1. The third-order valence-corrected chi connectivity index (χ3v) is 3.95. The summed E-state index contributed by atoms with van der Waals surface area (Å²) < 4.78 is 0.944. The second-order valence-corrected chi connectivity index (χ2v) is 6.69. The van der Waals surface area contributed by atoms with Crippen molar-refractivity contribution >= 4 is 38.8 Å². The molecule has 19 heavy (non-hydrogen) atoms. The molecule has 4 heteroatoms. The van der Waals surface area contributed by atoms with Crippen LogP contribution in [-0.2, 0) is 0 Å². The van der Waals surface area contributed by atoms with E-state index in [0.717, 1.165) is 28.1 Å². The van der Waals surface area contributed by atoms with Crippen molar-refractivity contribution in [2.75, 3.05) is 5.32 Å². The van der Waals surface area contributed by atoms with Crippen molar-refractivity contribution in [3.63, 3.8) is 0 Å². The lowest BCUT2D eigenvalue weighted by Crippen LogP contribution is -2.20. The molecule has 2 nitrogen and oxygen atoms in total. The van der Waals surface area contributed by atoms with Gasteiger partial charge in [-0.2, -0.15) is 0 Å². The van der Waals surface area contributed by atoms with E-state index >= 15 is 0 Å². The highest BCUT2D eigenvalue weighted by molar-refractivity contribution is 9.10. The molecule has 0 aliphatic rings. The lowest BCUT2D eigenvalue weighted by molar-refractivity contribution is 0.520. The number of hydrogen-bond acceptors (Lipinski definition) is 2. The first-order chi connectivity index (χ1) is 8.91. The maximum Gasteiger partial charge on any atom is 0.107 e. The normalized spacial score (nSPS) is 12.5. The summed E-state index contributed by atoms with van der Waals surface area (Å²) in [6.07, 6.45) is 3.66. The Bertz CT molecular complexity index is 432. The first kappa shape index (κ1) is 16.4. The van der Waals surface area contributed by atoms with Gasteiger partial charge in [0.05, 0.1) is 0 Å². The minimum absolute atomic E-state index is 0.418. The fourth-order valence-corrected chi connectivity index (χ4v) is 3.00. The van der Waals surface area contributed by atoms with Crippen LogP contribution >= 0.6 is 28.1 Å². The minimum Gasteiger partial charge on any atom is -0.389 e. The standard InChI is InChI=1S/C15H23BrN2S/c1-10(2)6-4-7-11(3)18-13-9-5-8-12(16)14(13)15(17)19/h5,8-11,18H,4,6-7H2,1-3H3,(H2,17,19). The van der Waals surface area contributed by atoms with Gasteiger partial charge in [-0.15, -0.1) is 0 Å². The van der Waals surface area contributed by atoms with Gasteiger partial charge in [-0.05, 0) is 47.3 Å². The van der Waals surface area contributed by atoms with Gasteiger partial charge in [0.15, 0.2) is 0 Å². The molecule has 0 amide bonds. The molecule has 0 aliphatic heterocycles. The minimum atomic E-state index is 0.418. The summed E-state index contributed by atoms with van der Waals surface area (Å²) in [5.41, 5.74) is 7.70. The zero-order chi connectivity index (χ0) is 14.4. The Balaban J connectivity index is 2.66. The second kappa shape index (κ2) is 7.85. The van der Waals surface area contributed by atoms with E-state index in [1.54, 1.807) is 0 Å². The zero-order valence-electron chi connectivity index (χ0n) is 11.9. The highest BCUT2D eigenvalue weighted by Crippen LogP contribution is 2.26. The maximum atomic E-state index is 5.79. The lowest BCUT2D eigenvalue weighted by atomic mass is 10.0.